The summed E-state index contributed by atoms with van der Waals surface area (Å²) >= 11 is 0. The number of carbonyl (C=O) groups excluding carboxylic acids is 1. The second kappa shape index (κ2) is 5.70. The van der Waals surface area contributed by atoms with Gasteiger partial charge in [-0.1, -0.05) is 13.8 Å². The summed E-state index contributed by atoms with van der Waals surface area (Å²) in [6, 6.07) is 1.37. The van der Waals surface area contributed by atoms with E-state index in [1.165, 1.54) is 0 Å². The molecule has 0 bridgehead atoms. The third kappa shape index (κ3) is 3.76. The van der Waals surface area contributed by atoms with Crippen molar-refractivity contribution < 1.29 is 18.0 Å². The highest BCUT2D eigenvalue weighted by Crippen LogP contribution is 2.13. The minimum atomic E-state index is -1.57. The van der Waals surface area contributed by atoms with Crippen LogP contribution in [0.15, 0.2) is 12.1 Å². The van der Waals surface area contributed by atoms with Gasteiger partial charge in [-0.2, -0.15) is 0 Å². The summed E-state index contributed by atoms with van der Waals surface area (Å²) in [5.74, 6) is -4.48. The maximum atomic E-state index is 12.9. The predicted molar refractivity (Wildman–Crippen MR) is 58.1 cm³/mol. The lowest BCUT2D eigenvalue weighted by Crippen LogP contribution is -2.25. The van der Waals surface area contributed by atoms with Crippen molar-refractivity contribution in [2.24, 2.45) is 5.92 Å². The first kappa shape index (κ1) is 13.5. The van der Waals surface area contributed by atoms with Crippen molar-refractivity contribution in [3.05, 3.63) is 35.1 Å². The number of benzene rings is 1. The maximum Gasteiger partial charge on any atom is 0.251 e. The van der Waals surface area contributed by atoms with Gasteiger partial charge in [-0.05, 0) is 24.5 Å². The van der Waals surface area contributed by atoms with E-state index in [2.05, 4.69) is 5.32 Å². The molecular formula is C12H14F3NO. The largest absolute Gasteiger partial charge is 0.352 e. The molecule has 5 heteroatoms. The lowest BCUT2D eigenvalue weighted by atomic mass is 10.1. The molecule has 0 aliphatic rings. The van der Waals surface area contributed by atoms with Gasteiger partial charge in [0.2, 0.25) is 0 Å². The zero-order valence-corrected chi connectivity index (χ0v) is 9.69. The molecule has 0 heterocycles. The van der Waals surface area contributed by atoms with Gasteiger partial charge in [0.25, 0.3) is 5.91 Å². The van der Waals surface area contributed by atoms with Gasteiger partial charge in [-0.3, -0.25) is 4.79 Å². The molecule has 1 rings (SSSR count). The summed E-state index contributed by atoms with van der Waals surface area (Å²) in [4.78, 5) is 11.5. The van der Waals surface area contributed by atoms with Crippen molar-refractivity contribution in [2.75, 3.05) is 6.54 Å². The third-order valence-electron chi connectivity index (χ3n) is 2.25. The summed E-state index contributed by atoms with van der Waals surface area (Å²) in [6.07, 6.45) is 0.762. The van der Waals surface area contributed by atoms with Crippen LogP contribution in [0.4, 0.5) is 13.2 Å². The Morgan fingerprint density at radius 1 is 1.24 bits per heavy atom. The van der Waals surface area contributed by atoms with Crippen molar-refractivity contribution in [3.63, 3.8) is 0 Å². The summed E-state index contributed by atoms with van der Waals surface area (Å²) in [5, 5.41) is 2.51. The second-order valence-corrected chi connectivity index (χ2v) is 4.19. The van der Waals surface area contributed by atoms with Crippen molar-refractivity contribution in [1.82, 2.24) is 5.32 Å². The van der Waals surface area contributed by atoms with Gasteiger partial charge in [-0.25, -0.2) is 13.2 Å². The molecule has 0 saturated heterocycles. The molecule has 0 spiro atoms. The zero-order valence-electron chi connectivity index (χ0n) is 9.69. The van der Waals surface area contributed by atoms with Gasteiger partial charge in [0.15, 0.2) is 17.5 Å². The highest BCUT2D eigenvalue weighted by Gasteiger charge is 2.14. The Morgan fingerprint density at radius 3 is 2.24 bits per heavy atom. The highest BCUT2D eigenvalue weighted by molar-refractivity contribution is 5.94. The Hall–Kier alpha value is -1.52. The average molecular weight is 245 g/mol. The van der Waals surface area contributed by atoms with Crippen LogP contribution in [-0.2, 0) is 0 Å². The smallest absolute Gasteiger partial charge is 0.251 e. The quantitative estimate of drug-likeness (QED) is 0.812. The number of halogens is 3. The van der Waals surface area contributed by atoms with E-state index < -0.39 is 23.4 Å². The number of carbonyl (C=O) groups is 1. The Balaban J connectivity index is 2.70. The topological polar surface area (TPSA) is 29.1 Å². The van der Waals surface area contributed by atoms with E-state index in [1.54, 1.807) is 0 Å². The van der Waals surface area contributed by atoms with E-state index in [0.29, 0.717) is 24.6 Å². The van der Waals surface area contributed by atoms with E-state index in [0.717, 1.165) is 6.42 Å². The van der Waals surface area contributed by atoms with Gasteiger partial charge < -0.3 is 5.32 Å². The normalized spacial score (nSPS) is 10.7. The highest BCUT2D eigenvalue weighted by atomic mass is 19.2. The zero-order chi connectivity index (χ0) is 13.0. The number of amides is 1. The van der Waals surface area contributed by atoms with Crippen LogP contribution in [0.1, 0.15) is 30.6 Å². The first-order valence-electron chi connectivity index (χ1n) is 5.34. The average Bonchev–Trinajstić information content (AvgIpc) is 2.24. The Kier molecular flexibility index (Phi) is 4.54. The first-order chi connectivity index (χ1) is 7.91. The standard InChI is InChI=1S/C12H14F3NO/c1-7(2)3-4-16-12(17)8-5-9(13)11(15)10(14)6-8/h5-7H,3-4H2,1-2H3,(H,16,17). The third-order valence-corrected chi connectivity index (χ3v) is 2.25. The van der Waals surface area contributed by atoms with Gasteiger partial charge in [-0.15, -0.1) is 0 Å². The minimum Gasteiger partial charge on any atom is -0.352 e. The Morgan fingerprint density at radius 2 is 1.76 bits per heavy atom. The van der Waals surface area contributed by atoms with Crippen LogP contribution in [0.3, 0.4) is 0 Å². The van der Waals surface area contributed by atoms with Gasteiger partial charge in [0.1, 0.15) is 0 Å². The monoisotopic (exact) mass is 245 g/mol. The van der Waals surface area contributed by atoms with Gasteiger partial charge in [0, 0.05) is 12.1 Å². The van der Waals surface area contributed by atoms with Gasteiger partial charge in [0.05, 0.1) is 0 Å². The van der Waals surface area contributed by atoms with E-state index in [4.69, 9.17) is 0 Å². The van der Waals surface area contributed by atoms with E-state index in [9.17, 15) is 18.0 Å². The van der Waals surface area contributed by atoms with Gasteiger partial charge >= 0.3 is 0 Å². The van der Waals surface area contributed by atoms with E-state index >= 15 is 0 Å². The van der Waals surface area contributed by atoms with Crippen LogP contribution in [0.25, 0.3) is 0 Å². The van der Waals surface area contributed by atoms with E-state index in [-0.39, 0.29) is 5.56 Å². The molecular weight excluding hydrogens is 231 g/mol. The van der Waals surface area contributed by atoms with Crippen LogP contribution < -0.4 is 5.32 Å². The molecule has 2 nitrogen and oxygen atoms in total. The molecule has 94 valence electrons. The molecule has 1 aromatic carbocycles. The Labute approximate surface area is 97.8 Å². The molecule has 0 fully saturated rings. The lowest BCUT2D eigenvalue weighted by molar-refractivity contribution is 0.0951. The van der Waals surface area contributed by atoms with Crippen LogP contribution >= 0.6 is 0 Å². The SMILES string of the molecule is CC(C)CCNC(=O)c1cc(F)c(F)c(F)c1. The lowest BCUT2D eigenvalue weighted by Gasteiger charge is -2.07. The molecule has 1 N–H and O–H groups in total. The molecule has 0 aromatic heterocycles. The fourth-order valence-corrected chi connectivity index (χ4v) is 1.26. The molecule has 1 amide bonds. The number of nitrogens with one attached hydrogen (secondary N) is 1. The molecule has 0 saturated carbocycles. The fraction of sp³-hybridized carbons (Fsp3) is 0.417. The van der Waals surface area contributed by atoms with Crippen molar-refractivity contribution in [1.29, 1.82) is 0 Å². The van der Waals surface area contributed by atoms with E-state index in [1.807, 2.05) is 13.8 Å². The second-order valence-electron chi connectivity index (χ2n) is 4.19. The number of rotatable bonds is 4. The molecule has 0 aliphatic heterocycles. The predicted octanol–water partition coefficient (Wildman–Crippen LogP) is 2.88. The Bertz CT molecular complexity index is 395. The number of hydrogen-bond donors (Lipinski definition) is 1. The molecule has 17 heavy (non-hydrogen) atoms. The molecule has 0 aliphatic carbocycles. The number of hydrogen-bond acceptors (Lipinski definition) is 1. The van der Waals surface area contributed by atoms with Crippen molar-refractivity contribution in [2.45, 2.75) is 20.3 Å². The summed E-state index contributed by atoms with van der Waals surface area (Å²) in [7, 11) is 0. The molecule has 0 atom stereocenters. The van der Waals surface area contributed by atoms with Crippen LogP contribution in [0, 0.1) is 23.4 Å². The summed E-state index contributed by atoms with van der Waals surface area (Å²) < 4.78 is 38.4. The maximum absolute atomic E-state index is 12.9. The first-order valence-corrected chi connectivity index (χ1v) is 5.34. The van der Waals surface area contributed by atoms with Crippen molar-refractivity contribution in [3.8, 4) is 0 Å². The summed E-state index contributed by atoms with van der Waals surface area (Å²) in [6.45, 7) is 4.39. The minimum absolute atomic E-state index is 0.217. The summed E-state index contributed by atoms with van der Waals surface area (Å²) in [5.41, 5.74) is -0.217. The van der Waals surface area contributed by atoms with Crippen LogP contribution in [0.5, 0.6) is 0 Å². The molecule has 0 radical (unpaired) electrons. The molecule has 0 unspecified atom stereocenters. The molecule has 1 aromatic rings. The van der Waals surface area contributed by atoms with Crippen LogP contribution in [0.2, 0.25) is 0 Å². The fourth-order valence-electron chi connectivity index (χ4n) is 1.26. The van der Waals surface area contributed by atoms with Crippen molar-refractivity contribution >= 4 is 5.91 Å². The van der Waals surface area contributed by atoms with Crippen LogP contribution in [-0.4, -0.2) is 12.5 Å².